The molecule has 0 saturated carbocycles. The molecule has 2 heterocycles. The fraction of sp³-hybridized carbons (Fsp3) is 0.545. The molecule has 1 unspecified atom stereocenters. The summed E-state index contributed by atoms with van der Waals surface area (Å²) in [6, 6.07) is 8.72. The third-order valence-electron chi connectivity index (χ3n) is 5.15. The first kappa shape index (κ1) is 21.6. The van der Waals surface area contributed by atoms with Gasteiger partial charge < -0.3 is 15.4 Å². The van der Waals surface area contributed by atoms with Crippen molar-refractivity contribution >= 4 is 17.3 Å². The fourth-order valence-corrected chi connectivity index (χ4v) is 4.42. The highest BCUT2D eigenvalue weighted by atomic mass is 32.1. The van der Waals surface area contributed by atoms with E-state index >= 15 is 0 Å². The van der Waals surface area contributed by atoms with E-state index in [0.29, 0.717) is 6.04 Å². The fourth-order valence-electron chi connectivity index (χ4n) is 3.64. The highest BCUT2D eigenvalue weighted by Gasteiger charge is 2.23. The second-order valence-electron chi connectivity index (χ2n) is 7.29. The summed E-state index contributed by atoms with van der Waals surface area (Å²) in [7, 11) is 1.71. The highest BCUT2D eigenvalue weighted by Crippen LogP contribution is 2.27. The van der Waals surface area contributed by atoms with E-state index in [1.807, 2.05) is 18.3 Å². The van der Waals surface area contributed by atoms with Crippen LogP contribution < -0.4 is 15.4 Å². The van der Waals surface area contributed by atoms with Gasteiger partial charge in [-0.25, -0.2) is 4.98 Å². The maximum absolute atomic E-state index is 5.32. The number of hydrogen-bond donors (Lipinski definition) is 2. The van der Waals surface area contributed by atoms with E-state index in [-0.39, 0.29) is 0 Å². The van der Waals surface area contributed by atoms with Gasteiger partial charge in [-0.2, -0.15) is 0 Å². The molecule has 1 fully saturated rings. The molecule has 1 aromatic carbocycles. The van der Waals surface area contributed by atoms with Crippen LogP contribution in [0.1, 0.15) is 41.3 Å². The monoisotopic (exact) mass is 415 g/mol. The van der Waals surface area contributed by atoms with Crippen molar-refractivity contribution in [1.29, 1.82) is 0 Å². The molecule has 7 heteroatoms. The Bertz CT molecular complexity index is 768. The number of nitrogens with zero attached hydrogens (tertiary/aromatic N) is 3. The molecule has 2 aromatic rings. The molecule has 1 aliphatic heterocycles. The molecule has 29 heavy (non-hydrogen) atoms. The highest BCUT2D eigenvalue weighted by molar-refractivity contribution is 7.11. The van der Waals surface area contributed by atoms with Crippen LogP contribution in [0.25, 0.3) is 0 Å². The zero-order valence-corrected chi connectivity index (χ0v) is 18.6. The number of aromatic nitrogens is 1. The number of aliphatic imine (C=N–C) groups is 1. The van der Waals surface area contributed by atoms with Crippen LogP contribution >= 0.6 is 11.3 Å². The number of ether oxygens (including phenoxy) is 1. The second-order valence-corrected chi connectivity index (χ2v) is 8.61. The number of nitrogens with one attached hydrogen (secondary N) is 2. The Kier molecular flexibility index (Phi) is 8.31. The predicted octanol–water partition coefficient (Wildman–Crippen LogP) is 3.39. The minimum atomic E-state index is 0.292. The number of benzene rings is 1. The van der Waals surface area contributed by atoms with Crippen LogP contribution in [-0.2, 0) is 6.42 Å². The van der Waals surface area contributed by atoms with Gasteiger partial charge in [0.05, 0.1) is 24.7 Å². The normalized spacial score (nSPS) is 16.0. The molecule has 1 aliphatic rings. The molecule has 1 aromatic heterocycles. The Labute approximate surface area is 178 Å². The molecule has 158 valence electrons. The lowest BCUT2D eigenvalue weighted by Gasteiger charge is -2.27. The summed E-state index contributed by atoms with van der Waals surface area (Å²) in [4.78, 5) is 13.2. The van der Waals surface area contributed by atoms with E-state index in [2.05, 4.69) is 46.5 Å². The van der Waals surface area contributed by atoms with Crippen LogP contribution in [0.5, 0.6) is 5.75 Å². The summed E-state index contributed by atoms with van der Waals surface area (Å²) in [6.07, 6.45) is 5.38. The van der Waals surface area contributed by atoms with Crippen LogP contribution in [0.15, 0.2) is 35.5 Å². The number of likely N-dealkylation sites (tertiary alicyclic amines) is 1. The summed E-state index contributed by atoms with van der Waals surface area (Å²) in [5.74, 6) is 1.77. The first-order valence-electron chi connectivity index (χ1n) is 10.5. The van der Waals surface area contributed by atoms with Gasteiger partial charge in [-0.3, -0.25) is 9.89 Å². The van der Waals surface area contributed by atoms with E-state index in [4.69, 9.17) is 9.73 Å². The molecular weight excluding hydrogens is 382 g/mol. The van der Waals surface area contributed by atoms with Crippen LogP contribution in [0.3, 0.4) is 0 Å². The Morgan fingerprint density at radius 2 is 2.00 bits per heavy atom. The average Bonchev–Trinajstić information content (AvgIpc) is 3.41. The second kappa shape index (κ2) is 11.2. The third-order valence-corrected chi connectivity index (χ3v) is 6.12. The van der Waals surface area contributed by atoms with Crippen LogP contribution in [-0.4, -0.2) is 55.7 Å². The molecule has 1 saturated heterocycles. The lowest BCUT2D eigenvalue weighted by molar-refractivity contribution is 0.251. The maximum Gasteiger partial charge on any atom is 0.191 e. The maximum atomic E-state index is 5.32. The van der Waals surface area contributed by atoms with E-state index in [0.717, 1.165) is 50.9 Å². The topological polar surface area (TPSA) is 61.8 Å². The lowest BCUT2D eigenvalue weighted by Crippen LogP contribution is -2.39. The molecule has 0 radical (unpaired) electrons. The van der Waals surface area contributed by atoms with Gasteiger partial charge in [0.15, 0.2) is 5.96 Å². The van der Waals surface area contributed by atoms with Gasteiger partial charge in [-0.15, -0.1) is 11.3 Å². The summed E-state index contributed by atoms with van der Waals surface area (Å²) in [5, 5.41) is 8.00. The molecule has 0 bridgehead atoms. The number of aryl methyl sites for hydroxylation is 1. The Balaban J connectivity index is 1.64. The quantitative estimate of drug-likeness (QED) is 0.486. The first-order valence-corrected chi connectivity index (χ1v) is 11.3. The minimum Gasteiger partial charge on any atom is -0.497 e. The summed E-state index contributed by atoms with van der Waals surface area (Å²) in [5.41, 5.74) is 1.30. The van der Waals surface area contributed by atoms with E-state index in [1.54, 1.807) is 18.4 Å². The number of methoxy groups -OCH3 is 1. The van der Waals surface area contributed by atoms with Gasteiger partial charge in [0.2, 0.25) is 0 Å². The van der Waals surface area contributed by atoms with E-state index in [1.165, 1.54) is 28.3 Å². The third kappa shape index (κ3) is 6.44. The van der Waals surface area contributed by atoms with Crippen LogP contribution in [0.2, 0.25) is 0 Å². The lowest BCUT2D eigenvalue weighted by atomic mass is 10.1. The summed E-state index contributed by atoms with van der Waals surface area (Å²) in [6.45, 7) is 8.88. The van der Waals surface area contributed by atoms with Crippen molar-refractivity contribution < 1.29 is 4.74 Å². The van der Waals surface area contributed by atoms with Crippen LogP contribution in [0.4, 0.5) is 0 Å². The van der Waals surface area contributed by atoms with Crippen molar-refractivity contribution in [3.8, 4) is 5.75 Å². The van der Waals surface area contributed by atoms with Gasteiger partial charge in [-0.05, 0) is 57.5 Å². The smallest absolute Gasteiger partial charge is 0.191 e. The first-order chi connectivity index (χ1) is 14.2. The number of thiazole rings is 1. The summed E-state index contributed by atoms with van der Waals surface area (Å²) >= 11 is 1.76. The van der Waals surface area contributed by atoms with E-state index < -0.39 is 0 Å². The molecule has 0 aliphatic carbocycles. The van der Waals surface area contributed by atoms with Gasteiger partial charge in [-0.1, -0.05) is 12.1 Å². The van der Waals surface area contributed by atoms with Crippen molar-refractivity contribution in [1.82, 2.24) is 20.5 Å². The standard InChI is InChI=1S/C22H33N5OS/c1-4-23-22(24-12-11-21-25-15-17(2)29-21)26-16-20(27-13-5-6-14-27)18-7-9-19(28-3)10-8-18/h7-10,15,20H,4-6,11-14,16H2,1-3H3,(H2,23,24,26). The van der Waals surface area contributed by atoms with Crippen molar-refractivity contribution in [2.75, 3.05) is 39.8 Å². The molecule has 0 spiro atoms. The van der Waals surface area contributed by atoms with Crippen molar-refractivity contribution in [3.05, 3.63) is 45.9 Å². The van der Waals surface area contributed by atoms with Crippen molar-refractivity contribution in [2.24, 2.45) is 4.99 Å². The molecule has 1 atom stereocenters. The zero-order chi connectivity index (χ0) is 20.5. The van der Waals surface area contributed by atoms with Gasteiger partial charge >= 0.3 is 0 Å². The molecule has 6 nitrogen and oxygen atoms in total. The molecule has 0 amide bonds. The molecular formula is C22H33N5OS. The number of hydrogen-bond acceptors (Lipinski definition) is 5. The van der Waals surface area contributed by atoms with Crippen LogP contribution in [0, 0.1) is 6.92 Å². The molecule has 3 rings (SSSR count). The van der Waals surface area contributed by atoms with Gasteiger partial charge in [0.25, 0.3) is 0 Å². The number of rotatable bonds is 9. The predicted molar refractivity (Wildman–Crippen MR) is 121 cm³/mol. The average molecular weight is 416 g/mol. The number of guanidine groups is 1. The Morgan fingerprint density at radius 3 is 2.62 bits per heavy atom. The Hall–Kier alpha value is -2.12. The SMILES string of the molecule is CCNC(=NCC(c1ccc(OC)cc1)N1CCCC1)NCCc1ncc(C)s1. The van der Waals surface area contributed by atoms with Crippen molar-refractivity contribution in [3.63, 3.8) is 0 Å². The minimum absolute atomic E-state index is 0.292. The molecule has 2 N–H and O–H groups in total. The zero-order valence-electron chi connectivity index (χ0n) is 17.8. The van der Waals surface area contributed by atoms with Gasteiger partial charge in [0.1, 0.15) is 5.75 Å². The Morgan fingerprint density at radius 1 is 1.24 bits per heavy atom. The largest absolute Gasteiger partial charge is 0.497 e. The van der Waals surface area contributed by atoms with Gasteiger partial charge in [0, 0.05) is 30.6 Å². The van der Waals surface area contributed by atoms with Crippen molar-refractivity contribution in [2.45, 2.75) is 39.2 Å². The summed E-state index contributed by atoms with van der Waals surface area (Å²) < 4.78 is 5.32. The van der Waals surface area contributed by atoms with E-state index in [9.17, 15) is 0 Å².